The molecule has 1 aromatic carbocycles. The molecule has 2 N–H and O–H groups in total. The van der Waals surface area contributed by atoms with Crippen molar-refractivity contribution in [3.8, 4) is 5.75 Å². The number of benzene rings is 1. The first-order valence-corrected chi connectivity index (χ1v) is 26.1. The molecule has 3 aliphatic heterocycles. The van der Waals surface area contributed by atoms with Crippen LogP contribution in [0.1, 0.15) is 131 Å². The largest absolute Gasteiger partial charge is 0.488 e. The Hall–Kier alpha value is -4.18. The van der Waals surface area contributed by atoms with E-state index in [1.807, 2.05) is 32.9 Å². The molecule has 14 heteroatoms. The van der Waals surface area contributed by atoms with Crippen molar-refractivity contribution in [1.29, 1.82) is 0 Å². The number of aliphatic hydroxyl groups excluding tert-OH is 1. The Morgan fingerprint density at radius 1 is 0.929 bits per heavy atom. The second kappa shape index (κ2) is 23.6. The lowest BCUT2D eigenvalue weighted by Crippen LogP contribution is -2.64. The molecular weight excluding hydrogens is 893 g/mol. The summed E-state index contributed by atoms with van der Waals surface area (Å²) in [5.74, 6) is -6.92. The van der Waals surface area contributed by atoms with Crippen LogP contribution in [0.4, 0.5) is 0 Å². The molecular formula is C56H80N2O12. The van der Waals surface area contributed by atoms with Crippen LogP contribution in [-0.4, -0.2) is 125 Å². The molecule has 5 aliphatic rings. The van der Waals surface area contributed by atoms with Gasteiger partial charge in [-0.15, -0.1) is 6.58 Å². The van der Waals surface area contributed by atoms with Gasteiger partial charge in [0.2, 0.25) is 5.79 Å². The number of cyclic esters (lactones) is 1. The number of aliphatic hydroxyl groups is 2. The fraction of sp³-hybridized carbons (Fsp3) is 0.679. The van der Waals surface area contributed by atoms with E-state index < -0.39 is 77.8 Å². The van der Waals surface area contributed by atoms with E-state index in [0.717, 1.165) is 23.1 Å². The van der Waals surface area contributed by atoms with Crippen LogP contribution >= 0.6 is 0 Å². The second-order valence-corrected chi connectivity index (χ2v) is 21.3. The predicted octanol–water partition coefficient (Wildman–Crippen LogP) is 8.41. The fourth-order valence-corrected chi connectivity index (χ4v) is 11.7. The third kappa shape index (κ3) is 12.2. The molecule has 0 radical (unpaired) electrons. The number of nitrogens with zero attached hydrogens (tertiary/aromatic N) is 2. The maximum atomic E-state index is 14.7. The minimum atomic E-state index is -2.52. The number of fused-ring (bicyclic) bond motifs is 4. The molecule has 2 aliphatic carbocycles. The lowest BCUT2D eigenvalue weighted by atomic mass is 9.81. The summed E-state index contributed by atoms with van der Waals surface area (Å²) < 4.78 is 39.9. The number of aromatic nitrogens is 1. The molecule has 1 amide bonds. The molecule has 1 aromatic heterocycles. The van der Waals surface area contributed by atoms with E-state index in [1.54, 1.807) is 19.9 Å². The zero-order valence-electron chi connectivity index (χ0n) is 42.9. The minimum absolute atomic E-state index is 0.00538. The van der Waals surface area contributed by atoms with Gasteiger partial charge in [-0.3, -0.25) is 14.4 Å². The van der Waals surface area contributed by atoms with E-state index in [4.69, 9.17) is 28.4 Å². The van der Waals surface area contributed by atoms with Crippen molar-refractivity contribution in [2.75, 3.05) is 27.4 Å². The number of esters is 1. The molecule has 14 unspecified atom stereocenters. The Kier molecular flexibility index (Phi) is 18.1. The number of piperidine rings is 1. The smallest absolute Gasteiger partial charge is 0.329 e. The molecule has 70 heavy (non-hydrogen) atoms. The molecule has 2 aromatic rings. The van der Waals surface area contributed by atoms with E-state index >= 15 is 0 Å². The Labute approximate surface area is 415 Å². The van der Waals surface area contributed by atoms with Gasteiger partial charge >= 0.3 is 5.97 Å². The van der Waals surface area contributed by atoms with Crippen LogP contribution in [0.15, 0.2) is 66.4 Å². The topological polar surface area (TPSA) is 172 Å². The standard InChI is InChI=1S/C56H80N2O12/c1-10-14-40-26-33(3)25-34(4)27-49(65-8)52-50(66-9)29-36(6)56(64,70-52)53(61)54(62)58-23-13-12-15-44(58)55(63)69-51(37(7)45(59)32-46(40)60)35(5)28-38-16-21-47(48(30-38)67-11-2)68-42-19-20-43-39(31-42)22-24-57(43)41-17-18-41/h10,19-20,22,24,26,28,31,34,36-38,40-41,44-45,47-52,59,64H,1,11-18,21,23,25,27,29-30,32H2,2-9H3. The predicted molar refractivity (Wildman–Crippen MR) is 266 cm³/mol. The van der Waals surface area contributed by atoms with E-state index in [-0.39, 0.29) is 55.6 Å². The van der Waals surface area contributed by atoms with Crippen LogP contribution in [0.3, 0.4) is 0 Å². The van der Waals surface area contributed by atoms with Gasteiger partial charge < -0.3 is 48.1 Å². The van der Waals surface area contributed by atoms with Crippen LogP contribution in [0, 0.1) is 29.6 Å². The third-order valence-corrected chi connectivity index (χ3v) is 15.8. The first-order chi connectivity index (χ1) is 33.5. The van der Waals surface area contributed by atoms with Crippen molar-refractivity contribution in [3.05, 3.63) is 66.4 Å². The fourth-order valence-electron chi connectivity index (χ4n) is 11.7. The molecule has 14 nitrogen and oxygen atoms in total. The van der Waals surface area contributed by atoms with Gasteiger partial charge in [0.25, 0.3) is 11.7 Å². The SMILES string of the molecule is C=CCC1C=C(C)CC(C)CC(OC)C2OC(O)(C(=O)C(=O)N3CCCCC3C(=O)OC(C(C)=CC3CCC(Oc4ccc5c(ccn5C5CC5)c4)C(OCC)C3)C(C)C(O)CC1=O)C(C)CC2OC. The quantitative estimate of drug-likeness (QED) is 0.125. The van der Waals surface area contributed by atoms with Crippen LogP contribution in [0.2, 0.25) is 0 Å². The van der Waals surface area contributed by atoms with Crippen molar-refractivity contribution < 1.29 is 57.8 Å². The van der Waals surface area contributed by atoms with E-state index in [0.29, 0.717) is 63.2 Å². The Morgan fingerprint density at radius 2 is 1.67 bits per heavy atom. The van der Waals surface area contributed by atoms with E-state index in [1.165, 1.54) is 37.5 Å². The van der Waals surface area contributed by atoms with E-state index in [2.05, 4.69) is 48.5 Å². The number of ether oxygens (including phenoxy) is 6. The number of carbonyl (C=O) groups is 4. The van der Waals surface area contributed by atoms with Crippen LogP contribution in [0.25, 0.3) is 10.9 Å². The van der Waals surface area contributed by atoms with Crippen molar-refractivity contribution in [2.45, 2.75) is 186 Å². The number of amides is 1. The monoisotopic (exact) mass is 973 g/mol. The van der Waals surface area contributed by atoms with Gasteiger partial charge in [-0.25, -0.2) is 4.79 Å². The molecule has 4 fully saturated rings. The summed E-state index contributed by atoms with van der Waals surface area (Å²) in [7, 11) is 3.08. The van der Waals surface area contributed by atoms with Gasteiger partial charge in [0.15, 0.2) is 0 Å². The average molecular weight is 973 g/mol. The highest BCUT2D eigenvalue weighted by molar-refractivity contribution is 6.39. The first kappa shape index (κ1) is 53.6. The number of carbonyl (C=O) groups excluding carboxylic acids is 4. The van der Waals surface area contributed by atoms with Crippen LogP contribution < -0.4 is 4.74 Å². The van der Waals surface area contributed by atoms with Gasteiger partial charge in [-0.2, -0.15) is 0 Å². The number of allylic oxidation sites excluding steroid dienone is 4. The molecule has 7 rings (SSSR count). The zero-order valence-corrected chi connectivity index (χ0v) is 42.9. The summed E-state index contributed by atoms with van der Waals surface area (Å²) in [5.41, 5.74) is 2.87. The number of ketones is 2. The highest BCUT2D eigenvalue weighted by Crippen LogP contribution is 2.41. The van der Waals surface area contributed by atoms with Gasteiger partial charge in [0, 0.05) is 74.7 Å². The minimum Gasteiger partial charge on any atom is -0.488 e. The van der Waals surface area contributed by atoms with Gasteiger partial charge in [0.05, 0.1) is 24.4 Å². The zero-order chi connectivity index (χ0) is 50.4. The van der Waals surface area contributed by atoms with Crippen molar-refractivity contribution in [3.63, 3.8) is 0 Å². The first-order valence-electron chi connectivity index (χ1n) is 26.1. The van der Waals surface area contributed by atoms with Crippen LogP contribution in [-0.2, 0) is 42.9 Å². The van der Waals surface area contributed by atoms with Gasteiger partial charge in [-0.05, 0) is 139 Å². The molecule has 386 valence electrons. The summed E-state index contributed by atoms with van der Waals surface area (Å²) >= 11 is 0. The van der Waals surface area contributed by atoms with Gasteiger partial charge in [0.1, 0.15) is 35.9 Å². The highest BCUT2D eigenvalue weighted by atomic mass is 16.7. The second-order valence-electron chi connectivity index (χ2n) is 21.3. The number of Topliss-reactive ketones (excluding diaryl/α,β-unsaturated/α-hetero) is 2. The third-order valence-electron chi connectivity index (χ3n) is 15.8. The average Bonchev–Trinajstić information content (AvgIpc) is 4.10. The number of hydrogen-bond acceptors (Lipinski definition) is 12. The van der Waals surface area contributed by atoms with Crippen molar-refractivity contribution in [1.82, 2.24) is 9.47 Å². The Bertz CT molecular complexity index is 2230. The maximum Gasteiger partial charge on any atom is 0.329 e. The maximum absolute atomic E-state index is 14.7. The number of hydrogen-bond donors (Lipinski definition) is 2. The molecule has 2 saturated heterocycles. The summed E-state index contributed by atoms with van der Waals surface area (Å²) in [5, 5.41) is 25.3. The lowest BCUT2D eigenvalue weighted by Gasteiger charge is -2.47. The molecule has 2 bridgehead atoms. The molecule has 0 spiro atoms. The number of rotatable bonds is 11. The highest BCUT2D eigenvalue weighted by Gasteiger charge is 2.56. The summed E-state index contributed by atoms with van der Waals surface area (Å²) in [6.07, 6.45) is 10.6. The van der Waals surface area contributed by atoms with Crippen molar-refractivity contribution in [2.24, 2.45) is 29.6 Å². The molecule has 4 heterocycles. The lowest BCUT2D eigenvalue weighted by molar-refractivity contribution is -0.302. The normalized spacial score (nSPS) is 35.9. The van der Waals surface area contributed by atoms with E-state index in [9.17, 15) is 29.4 Å². The summed E-state index contributed by atoms with van der Waals surface area (Å²) in [6.45, 7) is 15.8. The Morgan fingerprint density at radius 3 is 2.37 bits per heavy atom. The Balaban J connectivity index is 1.17. The number of methoxy groups -OCH3 is 2. The summed E-state index contributed by atoms with van der Waals surface area (Å²) in [4.78, 5) is 58.9. The van der Waals surface area contributed by atoms with Crippen LogP contribution in [0.5, 0.6) is 5.75 Å². The summed E-state index contributed by atoms with van der Waals surface area (Å²) in [6, 6.07) is 7.86. The van der Waals surface area contributed by atoms with Crippen molar-refractivity contribution >= 4 is 34.3 Å². The van der Waals surface area contributed by atoms with Gasteiger partial charge in [-0.1, -0.05) is 44.6 Å². The molecule has 14 atom stereocenters. The molecule has 2 saturated carbocycles.